The average molecular weight is 309 g/mol. The monoisotopic (exact) mass is 309 g/mol. The third-order valence-electron chi connectivity index (χ3n) is 1.64. The molecule has 0 radical (unpaired) electrons. The maximum absolute atomic E-state index is 4.23. The molecule has 0 aliphatic heterocycles. The van der Waals surface area contributed by atoms with Gasteiger partial charge in [0, 0.05) is 25.5 Å². The van der Waals surface area contributed by atoms with Crippen molar-refractivity contribution in [3.63, 3.8) is 0 Å². The number of hydrogen-bond donors (Lipinski definition) is 0. The van der Waals surface area contributed by atoms with Crippen LogP contribution in [0.1, 0.15) is 0 Å². The highest BCUT2D eigenvalue weighted by atomic mass is 127. The lowest BCUT2D eigenvalue weighted by atomic mass is 10.5. The zero-order chi connectivity index (χ0) is 9.68. The van der Waals surface area contributed by atoms with Crippen LogP contribution in [0.3, 0.4) is 0 Å². The molecule has 0 unspecified atom stereocenters. The molecule has 1 rings (SSSR count). The van der Waals surface area contributed by atoms with E-state index < -0.39 is 0 Å². The van der Waals surface area contributed by atoms with Crippen LogP contribution >= 0.6 is 34.4 Å². The third-order valence-corrected chi connectivity index (χ3v) is 2.99. The van der Waals surface area contributed by atoms with Gasteiger partial charge in [0.2, 0.25) is 0 Å². The van der Waals surface area contributed by atoms with Crippen molar-refractivity contribution in [3.8, 4) is 0 Å². The van der Waals surface area contributed by atoms with Crippen molar-refractivity contribution in [2.75, 3.05) is 30.5 Å². The van der Waals surface area contributed by atoms with Gasteiger partial charge < -0.3 is 4.90 Å². The topological polar surface area (TPSA) is 29.0 Å². The number of nitrogens with zero attached hydrogens (tertiary/aromatic N) is 3. The van der Waals surface area contributed by atoms with Gasteiger partial charge in [0.05, 0.1) is 3.57 Å². The molecule has 0 N–H and O–H groups in total. The summed E-state index contributed by atoms with van der Waals surface area (Å²) in [5.41, 5.74) is 0. The van der Waals surface area contributed by atoms with Crippen molar-refractivity contribution in [1.82, 2.24) is 9.97 Å². The smallest absolute Gasteiger partial charge is 0.145 e. The van der Waals surface area contributed by atoms with Crippen molar-refractivity contribution in [1.29, 1.82) is 0 Å². The second-order valence-corrected chi connectivity index (χ2v) is 4.76. The van der Waals surface area contributed by atoms with Crippen molar-refractivity contribution in [2.24, 2.45) is 0 Å². The Morgan fingerprint density at radius 2 is 2.38 bits per heavy atom. The first-order valence-corrected chi connectivity index (χ1v) is 6.38. The van der Waals surface area contributed by atoms with Crippen LogP contribution in [0.15, 0.2) is 12.5 Å². The van der Waals surface area contributed by atoms with Crippen LogP contribution < -0.4 is 4.90 Å². The van der Waals surface area contributed by atoms with Crippen LogP contribution in [0.5, 0.6) is 0 Å². The lowest BCUT2D eigenvalue weighted by Crippen LogP contribution is -2.22. The van der Waals surface area contributed by atoms with E-state index in [4.69, 9.17) is 0 Å². The first kappa shape index (κ1) is 11.0. The summed E-state index contributed by atoms with van der Waals surface area (Å²) in [5, 5.41) is 0. The van der Waals surface area contributed by atoms with E-state index in [1.807, 2.05) is 18.0 Å². The summed E-state index contributed by atoms with van der Waals surface area (Å²) in [4.78, 5) is 10.3. The predicted octanol–water partition coefficient (Wildman–Crippen LogP) is 1.88. The Labute approximate surface area is 96.5 Å². The fraction of sp³-hybridized carbons (Fsp3) is 0.500. The molecule has 0 saturated heterocycles. The molecule has 5 heteroatoms. The molecule has 3 nitrogen and oxygen atoms in total. The number of rotatable bonds is 4. The average Bonchev–Trinajstić information content (AvgIpc) is 2.15. The summed E-state index contributed by atoms with van der Waals surface area (Å²) in [5.74, 6) is 2.14. The highest BCUT2D eigenvalue weighted by Gasteiger charge is 2.05. The van der Waals surface area contributed by atoms with Gasteiger partial charge in [-0.2, -0.15) is 11.8 Å². The Morgan fingerprint density at radius 1 is 1.62 bits per heavy atom. The summed E-state index contributed by atoms with van der Waals surface area (Å²) in [6, 6.07) is 0. The highest BCUT2D eigenvalue weighted by molar-refractivity contribution is 14.1. The quantitative estimate of drug-likeness (QED) is 0.794. The van der Waals surface area contributed by atoms with Gasteiger partial charge in [0.15, 0.2) is 0 Å². The number of halogens is 1. The summed E-state index contributed by atoms with van der Waals surface area (Å²) in [7, 11) is 2.06. The second-order valence-electron chi connectivity index (χ2n) is 2.61. The molecule has 0 atom stereocenters. The molecular weight excluding hydrogens is 297 g/mol. The minimum Gasteiger partial charge on any atom is -0.358 e. The molecule has 0 saturated carbocycles. The zero-order valence-corrected chi connectivity index (χ0v) is 10.7. The second kappa shape index (κ2) is 5.64. The van der Waals surface area contributed by atoms with Crippen LogP contribution in [0.4, 0.5) is 5.82 Å². The molecule has 0 bridgehead atoms. The number of thioether (sulfide) groups is 1. The van der Waals surface area contributed by atoms with Crippen LogP contribution in [0.25, 0.3) is 0 Å². The summed E-state index contributed by atoms with van der Waals surface area (Å²) in [6.07, 6.45) is 5.53. The minimum atomic E-state index is 1.02. The van der Waals surface area contributed by atoms with E-state index in [1.54, 1.807) is 6.33 Å². The molecule has 0 aliphatic carbocycles. The summed E-state index contributed by atoms with van der Waals surface area (Å²) in [6.45, 7) is 1.02. The summed E-state index contributed by atoms with van der Waals surface area (Å²) >= 11 is 4.10. The van der Waals surface area contributed by atoms with Gasteiger partial charge in [-0.1, -0.05) is 0 Å². The van der Waals surface area contributed by atoms with E-state index in [0.29, 0.717) is 0 Å². The maximum Gasteiger partial charge on any atom is 0.145 e. The molecule has 1 aromatic rings. The first-order chi connectivity index (χ1) is 6.25. The van der Waals surface area contributed by atoms with Crippen molar-refractivity contribution < 1.29 is 0 Å². The van der Waals surface area contributed by atoms with Gasteiger partial charge >= 0.3 is 0 Å². The van der Waals surface area contributed by atoms with E-state index in [2.05, 4.69) is 50.8 Å². The van der Waals surface area contributed by atoms with Crippen LogP contribution in [0, 0.1) is 3.57 Å². The number of anilines is 1. The minimum absolute atomic E-state index is 1.02. The van der Waals surface area contributed by atoms with E-state index in [0.717, 1.165) is 21.7 Å². The van der Waals surface area contributed by atoms with Gasteiger partial charge in [-0.05, 0) is 28.8 Å². The van der Waals surface area contributed by atoms with Gasteiger partial charge in [-0.3, -0.25) is 0 Å². The molecule has 1 heterocycles. The third kappa shape index (κ3) is 3.30. The van der Waals surface area contributed by atoms with Crippen molar-refractivity contribution in [3.05, 3.63) is 16.1 Å². The van der Waals surface area contributed by atoms with Gasteiger partial charge in [0.1, 0.15) is 12.1 Å². The number of hydrogen-bond acceptors (Lipinski definition) is 4. The van der Waals surface area contributed by atoms with Crippen LogP contribution in [-0.4, -0.2) is 35.6 Å². The van der Waals surface area contributed by atoms with Crippen LogP contribution in [0.2, 0.25) is 0 Å². The van der Waals surface area contributed by atoms with Gasteiger partial charge in [0.25, 0.3) is 0 Å². The SMILES string of the molecule is CSCCN(C)c1ncncc1I. The molecular formula is C8H12IN3S. The Hall–Kier alpha value is -0.0400. The largest absolute Gasteiger partial charge is 0.358 e. The Balaban J connectivity index is 2.65. The van der Waals surface area contributed by atoms with E-state index in [-0.39, 0.29) is 0 Å². The van der Waals surface area contributed by atoms with Crippen molar-refractivity contribution in [2.45, 2.75) is 0 Å². The van der Waals surface area contributed by atoms with Crippen molar-refractivity contribution >= 4 is 40.2 Å². The molecule has 0 spiro atoms. The Bertz CT molecular complexity index is 269. The first-order valence-electron chi connectivity index (χ1n) is 3.91. The van der Waals surface area contributed by atoms with E-state index in [9.17, 15) is 0 Å². The standard InChI is InChI=1S/C8H12IN3S/c1-12(3-4-13-2)8-7(9)5-10-6-11-8/h5-6H,3-4H2,1-2H3. The fourth-order valence-electron chi connectivity index (χ4n) is 0.921. The lowest BCUT2D eigenvalue weighted by molar-refractivity contribution is 0.929. The van der Waals surface area contributed by atoms with Gasteiger partial charge in [-0.15, -0.1) is 0 Å². The number of aromatic nitrogens is 2. The molecule has 0 fully saturated rings. The Morgan fingerprint density at radius 3 is 3.00 bits per heavy atom. The molecule has 0 aromatic carbocycles. The highest BCUT2D eigenvalue weighted by Crippen LogP contribution is 2.16. The fourth-order valence-corrected chi connectivity index (χ4v) is 2.09. The Kier molecular flexibility index (Phi) is 4.79. The molecule has 13 heavy (non-hydrogen) atoms. The van der Waals surface area contributed by atoms with Gasteiger partial charge in [-0.25, -0.2) is 9.97 Å². The molecule has 0 aliphatic rings. The predicted molar refractivity (Wildman–Crippen MR) is 66.4 cm³/mol. The molecule has 0 amide bonds. The van der Waals surface area contributed by atoms with E-state index in [1.165, 1.54) is 0 Å². The summed E-state index contributed by atoms with van der Waals surface area (Å²) < 4.78 is 1.10. The molecule has 1 aromatic heterocycles. The zero-order valence-electron chi connectivity index (χ0n) is 7.70. The normalized spacial score (nSPS) is 10.1. The lowest BCUT2D eigenvalue weighted by Gasteiger charge is -2.17. The molecule has 72 valence electrons. The van der Waals surface area contributed by atoms with Crippen LogP contribution in [-0.2, 0) is 0 Å². The van der Waals surface area contributed by atoms with E-state index >= 15 is 0 Å². The maximum atomic E-state index is 4.23.